The van der Waals surface area contributed by atoms with E-state index < -0.39 is 17.5 Å². The lowest BCUT2D eigenvalue weighted by atomic mass is 10.1. The summed E-state index contributed by atoms with van der Waals surface area (Å²) in [5.41, 5.74) is 2.68. The molecule has 2 aromatic rings. The summed E-state index contributed by atoms with van der Waals surface area (Å²) < 4.78 is 36.4. The van der Waals surface area contributed by atoms with E-state index in [2.05, 4.69) is 32.0 Å². The van der Waals surface area contributed by atoms with Crippen molar-refractivity contribution >= 4 is 44.6 Å². The Morgan fingerprint density at radius 3 is 2.91 bits per heavy atom. The lowest BCUT2D eigenvalue weighted by molar-refractivity contribution is 0.0169. The predicted octanol–water partition coefficient (Wildman–Crippen LogP) is 3.88. The molecule has 1 saturated heterocycles. The Hall–Kier alpha value is -2.47. The number of aliphatic hydroxyl groups excluding tert-OH is 1. The highest BCUT2D eigenvalue weighted by atomic mass is 79.9. The molecule has 1 fully saturated rings. The molecular weight excluding hydrogens is 502 g/mol. The van der Waals surface area contributed by atoms with Crippen LogP contribution in [0.1, 0.15) is 29.6 Å². The molecule has 2 aliphatic rings. The van der Waals surface area contributed by atoms with Crippen LogP contribution in [0.2, 0.25) is 0 Å². The summed E-state index contributed by atoms with van der Waals surface area (Å²) in [6, 6.07) is 5.82. The Morgan fingerprint density at radius 1 is 1.33 bits per heavy atom. The van der Waals surface area contributed by atoms with Gasteiger partial charge in [-0.25, -0.2) is 14.3 Å². The van der Waals surface area contributed by atoms with Crippen molar-refractivity contribution in [3.8, 4) is 0 Å². The number of carbonyl (C=O) groups excluding carboxylic acids is 1. The first kappa shape index (κ1) is 23.7. The number of halogens is 3. The first-order valence-corrected chi connectivity index (χ1v) is 11.5. The number of hydroxylamine groups is 1. The molecule has 11 heteroatoms. The van der Waals surface area contributed by atoms with E-state index in [-0.39, 0.29) is 41.9 Å². The molecule has 2 aliphatic heterocycles. The largest absolute Gasteiger partial charge is 0.394 e. The van der Waals surface area contributed by atoms with Crippen LogP contribution in [-0.4, -0.2) is 50.2 Å². The van der Waals surface area contributed by atoms with Gasteiger partial charge in [-0.1, -0.05) is 15.9 Å². The molecule has 1 atom stereocenters. The average molecular weight is 527 g/mol. The van der Waals surface area contributed by atoms with Gasteiger partial charge < -0.3 is 25.4 Å². The quantitative estimate of drug-likeness (QED) is 0.306. The minimum Gasteiger partial charge on any atom is -0.394 e. The first-order valence-electron chi connectivity index (χ1n) is 10.7. The van der Waals surface area contributed by atoms with Crippen molar-refractivity contribution in [1.29, 1.82) is 0 Å². The van der Waals surface area contributed by atoms with Crippen LogP contribution in [0.15, 0.2) is 28.7 Å². The van der Waals surface area contributed by atoms with Crippen LogP contribution >= 0.6 is 15.9 Å². The molecule has 1 amide bonds. The van der Waals surface area contributed by atoms with Crippen molar-refractivity contribution < 1.29 is 28.3 Å². The highest BCUT2D eigenvalue weighted by Gasteiger charge is 2.31. The molecule has 178 valence electrons. The Labute approximate surface area is 198 Å². The standard InChI is InChI=1S/C22H25BrF2N4O4/c23-13-4-5-17(16(24)9-13)27-20-15(22(31)28-33-8-6-30)10-18-21(19(20)25)26-12-29(18)11-14-3-1-2-7-32-14/h4-5,9-10,14,26-27,30H,1-3,6-8,11-12H2,(H,28,31). The second kappa shape index (κ2) is 10.6. The molecule has 0 saturated carbocycles. The van der Waals surface area contributed by atoms with E-state index in [1.54, 1.807) is 6.07 Å². The number of aliphatic hydroxyl groups is 1. The van der Waals surface area contributed by atoms with E-state index >= 15 is 4.39 Å². The van der Waals surface area contributed by atoms with Crippen LogP contribution in [0, 0.1) is 11.6 Å². The maximum absolute atomic E-state index is 15.7. The van der Waals surface area contributed by atoms with Gasteiger partial charge >= 0.3 is 0 Å². The van der Waals surface area contributed by atoms with Crippen molar-refractivity contribution in [3.63, 3.8) is 0 Å². The lowest BCUT2D eigenvalue weighted by Crippen LogP contribution is -2.35. The smallest absolute Gasteiger partial charge is 0.277 e. The summed E-state index contributed by atoms with van der Waals surface area (Å²) >= 11 is 3.19. The summed E-state index contributed by atoms with van der Waals surface area (Å²) in [6.45, 7) is 1.17. The van der Waals surface area contributed by atoms with Gasteiger partial charge in [-0.3, -0.25) is 9.63 Å². The average Bonchev–Trinajstić information content (AvgIpc) is 3.20. The normalized spacial score (nSPS) is 17.5. The molecule has 0 bridgehead atoms. The van der Waals surface area contributed by atoms with E-state index in [1.807, 2.05) is 4.90 Å². The monoisotopic (exact) mass is 526 g/mol. The molecule has 2 aromatic carbocycles. The van der Waals surface area contributed by atoms with E-state index in [0.29, 0.717) is 30.0 Å². The van der Waals surface area contributed by atoms with E-state index in [9.17, 15) is 9.18 Å². The highest BCUT2D eigenvalue weighted by Crippen LogP contribution is 2.41. The summed E-state index contributed by atoms with van der Waals surface area (Å²) in [7, 11) is 0. The number of hydrogen-bond donors (Lipinski definition) is 4. The number of anilines is 4. The van der Waals surface area contributed by atoms with Gasteiger partial charge in [0.05, 0.1) is 54.3 Å². The molecule has 0 aromatic heterocycles. The maximum atomic E-state index is 15.7. The third kappa shape index (κ3) is 5.37. The zero-order chi connectivity index (χ0) is 23.4. The van der Waals surface area contributed by atoms with Crippen LogP contribution in [0.4, 0.5) is 31.5 Å². The van der Waals surface area contributed by atoms with Gasteiger partial charge in [0.1, 0.15) is 5.82 Å². The van der Waals surface area contributed by atoms with Gasteiger partial charge in [0.25, 0.3) is 5.91 Å². The van der Waals surface area contributed by atoms with E-state index in [0.717, 1.165) is 19.3 Å². The zero-order valence-electron chi connectivity index (χ0n) is 17.8. The minimum atomic E-state index is -0.731. The van der Waals surface area contributed by atoms with Gasteiger partial charge in [0.15, 0.2) is 5.82 Å². The molecule has 4 N–H and O–H groups in total. The first-order chi connectivity index (χ1) is 16.0. The molecule has 4 rings (SSSR count). The third-order valence-corrected chi connectivity index (χ3v) is 6.02. The number of amides is 1. The van der Waals surface area contributed by atoms with Crippen molar-refractivity contribution in [2.45, 2.75) is 25.4 Å². The number of benzene rings is 2. The summed E-state index contributed by atoms with van der Waals surface area (Å²) in [6.07, 6.45) is 3.04. The van der Waals surface area contributed by atoms with Gasteiger partial charge in [0, 0.05) is 17.6 Å². The predicted molar refractivity (Wildman–Crippen MR) is 124 cm³/mol. The molecule has 0 radical (unpaired) electrons. The number of rotatable bonds is 8. The van der Waals surface area contributed by atoms with E-state index in [1.165, 1.54) is 18.2 Å². The Balaban J connectivity index is 1.68. The van der Waals surface area contributed by atoms with Crippen LogP contribution in [0.3, 0.4) is 0 Å². The Kier molecular flexibility index (Phi) is 7.63. The number of fused-ring (bicyclic) bond motifs is 1. The Morgan fingerprint density at radius 2 is 2.18 bits per heavy atom. The molecule has 1 unspecified atom stereocenters. The van der Waals surface area contributed by atoms with Crippen molar-refractivity contribution in [2.75, 3.05) is 48.6 Å². The van der Waals surface area contributed by atoms with Gasteiger partial charge in [-0.05, 0) is 43.5 Å². The molecular formula is C22H25BrF2N4O4. The van der Waals surface area contributed by atoms with E-state index in [4.69, 9.17) is 14.7 Å². The fourth-order valence-electron chi connectivity index (χ4n) is 3.92. The van der Waals surface area contributed by atoms with Crippen molar-refractivity contribution in [1.82, 2.24) is 5.48 Å². The highest BCUT2D eigenvalue weighted by molar-refractivity contribution is 9.10. The maximum Gasteiger partial charge on any atom is 0.277 e. The van der Waals surface area contributed by atoms with Crippen LogP contribution in [0.5, 0.6) is 0 Å². The van der Waals surface area contributed by atoms with Crippen LogP contribution in [-0.2, 0) is 9.57 Å². The fourth-order valence-corrected chi connectivity index (χ4v) is 4.25. The fraction of sp³-hybridized carbons (Fsp3) is 0.409. The van der Waals surface area contributed by atoms with Crippen LogP contribution < -0.4 is 21.0 Å². The number of hydrogen-bond acceptors (Lipinski definition) is 7. The number of nitrogens with one attached hydrogen (secondary N) is 3. The van der Waals surface area contributed by atoms with Crippen molar-refractivity contribution in [3.05, 3.63) is 45.9 Å². The summed E-state index contributed by atoms with van der Waals surface area (Å²) in [5, 5.41) is 14.6. The van der Waals surface area contributed by atoms with Gasteiger partial charge in [0.2, 0.25) is 0 Å². The summed E-state index contributed by atoms with van der Waals surface area (Å²) in [4.78, 5) is 19.7. The zero-order valence-corrected chi connectivity index (χ0v) is 19.4. The SMILES string of the molecule is O=C(NOCCO)c1cc2c(c(F)c1Nc1ccc(Br)cc1F)NCN2CC1CCCCO1. The Bertz CT molecular complexity index is 1020. The molecule has 2 heterocycles. The number of nitrogens with zero attached hydrogens (tertiary/aromatic N) is 1. The van der Waals surface area contributed by atoms with Gasteiger partial charge in [-0.2, -0.15) is 0 Å². The van der Waals surface area contributed by atoms with Gasteiger partial charge in [-0.15, -0.1) is 0 Å². The summed E-state index contributed by atoms with van der Waals surface area (Å²) in [5.74, 6) is -2.06. The molecule has 8 nitrogen and oxygen atoms in total. The van der Waals surface area contributed by atoms with Crippen LogP contribution in [0.25, 0.3) is 0 Å². The molecule has 0 spiro atoms. The third-order valence-electron chi connectivity index (χ3n) is 5.52. The number of ether oxygens (including phenoxy) is 1. The molecule has 0 aliphatic carbocycles. The minimum absolute atomic E-state index is 0.00725. The van der Waals surface area contributed by atoms with Crippen molar-refractivity contribution in [2.24, 2.45) is 0 Å². The number of carbonyl (C=O) groups is 1. The second-order valence-electron chi connectivity index (χ2n) is 7.81. The topological polar surface area (TPSA) is 95.1 Å². The lowest BCUT2D eigenvalue weighted by Gasteiger charge is -2.28. The second-order valence-corrected chi connectivity index (χ2v) is 8.72. The molecule has 33 heavy (non-hydrogen) atoms.